The molecule has 1 amide bonds. The predicted octanol–water partition coefficient (Wildman–Crippen LogP) is 3.90. The zero-order valence-electron chi connectivity index (χ0n) is 13.5. The number of para-hydroxylation sites is 1. The van der Waals surface area contributed by atoms with E-state index >= 15 is 0 Å². The number of nitrogens with one attached hydrogen (secondary N) is 1. The zero-order valence-corrected chi connectivity index (χ0v) is 13.5. The Hall–Kier alpha value is -1.35. The fourth-order valence-electron chi connectivity index (χ4n) is 3.04. The number of hydrogen-bond donors (Lipinski definition) is 1. The van der Waals surface area contributed by atoms with Gasteiger partial charge in [0, 0.05) is 5.69 Å². The first-order valence-corrected chi connectivity index (χ1v) is 8.25. The van der Waals surface area contributed by atoms with Crippen LogP contribution >= 0.6 is 0 Å². The molecule has 0 aromatic heterocycles. The van der Waals surface area contributed by atoms with Crippen molar-refractivity contribution < 1.29 is 4.79 Å². The number of amides is 1. The second kappa shape index (κ2) is 8.18. The fourth-order valence-corrected chi connectivity index (χ4v) is 3.04. The summed E-state index contributed by atoms with van der Waals surface area (Å²) in [4.78, 5) is 14.6. The third-order valence-corrected chi connectivity index (χ3v) is 4.31. The number of carbonyl (C=O) groups excluding carboxylic acids is 1. The SMILES string of the molecule is Cc1cccc(C)c1NC(=O)CN1CCCCCCCC1. The lowest BCUT2D eigenvalue weighted by molar-refractivity contribution is -0.117. The lowest BCUT2D eigenvalue weighted by Gasteiger charge is -2.21. The Morgan fingerprint density at radius 2 is 1.52 bits per heavy atom. The minimum atomic E-state index is 0.117. The van der Waals surface area contributed by atoms with Gasteiger partial charge in [0.1, 0.15) is 0 Å². The van der Waals surface area contributed by atoms with Gasteiger partial charge >= 0.3 is 0 Å². The van der Waals surface area contributed by atoms with Gasteiger partial charge < -0.3 is 5.32 Å². The number of aryl methyl sites for hydroxylation is 2. The van der Waals surface area contributed by atoms with Crippen LogP contribution in [0.1, 0.15) is 49.7 Å². The summed E-state index contributed by atoms with van der Waals surface area (Å²) in [6.07, 6.45) is 7.74. The van der Waals surface area contributed by atoms with Gasteiger partial charge in [0.15, 0.2) is 0 Å². The summed E-state index contributed by atoms with van der Waals surface area (Å²) in [5.74, 6) is 0.117. The topological polar surface area (TPSA) is 32.3 Å². The molecule has 1 fully saturated rings. The maximum absolute atomic E-state index is 12.3. The van der Waals surface area contributed by atoms with E-state index in [1.807, 2.05) is 32.0 Å². The molecule has 0 saturated carbocycles. The first-order chi connectivity index (χ1) is 10.2. The van der Waals surface area contributed by atoms with Gasteiger partial charge in [-0.1, -0.05) is 43.9 Å². The third kappa shape index (κ3) is 5.16. The molecule has 1 aliphatic heterocycles. The average molecular weight is 288 g/mol. The third-order valence-electron chi connectivity index (χ3n) is 4.31. The molecule has 2 rings (SSSR count). The van der Waals surface area contributed by atoms with Crippen molar-refractivity contribution in [2.45, 2.75) is 52.4 Å². The summed E-state index contributed by atoms with van der Waals surface area (Å²) in [5, 5.41) is 3.10. The molecule has 1 aliphatic rings. The molecule has 0 unspecified atom stereocenters. The van der Waals surface area contributed by atoms with Crippen molar-refractivity contribution in [3.05, 3.63) is 29.3 Å². The predicted molar refractivity (Wildman–Crippen MR) is 88.7 cm³/mol. The standard InChI is InChI=1S/C18H28N2O/c1-15-10-9-11-16(2)18(15)19-17(21)14-20-12-7-5-3-4-6-8-13-20/h9-11H,3-8,12-14H2,1-2H3,(H,19,21). The summed E-state index contributed by atoms with van der Waals surface area (Å²) in [5.41, 5.74) is 3.24. The fraction of sp³-hybridized carbons (Fsp3) is 0.611. The van der Waals surface area contributed by atoms with Crippen LogP contribution in [0, 0.1) is 13.8 Å². The van der Waals surface area contributed by atoms with Gasteiger partial charge in [0.2, 0.25) is 5.91 Å². The van der Waals surface area contributed by atoms with Crippen LogP contribution in [-0.2, 0) is 4.79 Å². The van der Waals surface area contributed by atoms with Gasteiger partial charge in [0.05, 0.1) is 6.54 Å². The summed E-state index contributed by atoms with van der Waals surface area (Å²) in [6.45, 7) is 6.72. The van der Waals surface area contributed by atoms with Gasteiger partial charge in [-0.25, -0.2) is 0 Å². The summed E-state index contributed by atoms with van der Waals surface area (Å²) in [6, 6.07) is 6.12. The smallest absolute Gasteiger partial charge is 0.238 e. The minimum Gasteiger partial charge on any atom is -0.324 e. The lowest BCUT2D eigenvalue weighted by atomic mass is 10.1. The molecule has 1 N–H and O–H groups in total. The van der Waals surface area contributed by atoms with E-state index in [0.29, 0.717) is 6.54 Å². The van der Waals surface area contributed by atoms with Gasteiger partial charge in [0.25, 0.3) is 0 Å². The van der Waals surface area contributed by atoms with Crippen molar-refractivity contribution in [3.63, 3.8) is 0 Å². The normalized spacial score (nSPS) is 17.6. The molecule has 1 heterocycles. The van der Waals surface area contributed by atoms with Crippen molar-refractivity contribution in [2.24, 2.45) is 0 Å². The highest BCUT2D eigenvalue weighted by atomic mass is 16.2. The second-order valence-corrected chi connectivity index (χ2v) is 6.21. The van der Waals surface area contributed by atoms with Crippen molar-refractivity contribution in [1.29, 1.82) is 0 Å². The minimum absolute atomic E-state index is 0.117. The molecule has 0 bridgehead atoms. The molecule has 3 nitrogen and oxygen atoms in total. The Labute approximate surface area is 128 Å². The van der Waals surface area contributed by atoms with Gasteiger partial charge in [-0.05, 0) is 50.9 Å². The second-order valence-electron chi connectivity index (χ2n) is 6.21. The molecule has 21 heavy (non-hydrogen) atoms. The summed E-state index contributed by atoms with van der Waals surface area (Å²) < 4.78 is 0. The molecule has 3 heteroatoms. The van der Waals surface area contributed by atoms with Crippen molar-refractivity contribution in [2.75, 3.05) is 25.0 Å². The van der Waals surface area contributed by atoms with Crippen molar-refractivity contribution >= 4 is 11.6 Å². The highest BCUT2D eigenvalue weighted by molar-refractivity contribution is 5.93. The summed E-state index contributed by atoms with van der Waals surface area (Å²) in [7, 11) is 0. The van der Waals surface area contributed by atoms with E-state index < -0.39 is 0 Å². The maximum atomic E-state index is 12.3. The largest absolute Gasteiger partial charge is 0.324 e. The van der Waals surface area contributed by atoms with Crippen LogP contribution in [0.3, 0.4) is 0 Å². The molecule has 0 radical (unpaired) electrons. The number of carbonyl (C=O) groups is 1. The first-order valence-electron chi connectivity index (χ1n) is 8.25. The van der Waals surface area contributed by atoms with Crippen molar-refractivity contribution in [3.8, 4) is 0 Å². The molecular formula is C18H28N2O. The Morgan fingerprint density at radius 3 is 2.10 bits per heavy atom. The van der Waals surface area contributed by atoms with Crippen LogP contribution in [0.25, 0.3) is 0 Å². The molecule has 0 atom stereocenters. The monoisotopic (exact) mass is 288 g/mol. The van der Waals surface area contributed by atoms with E-state index in [1.165, 1.54) is 38.5 Å². The van der Waals surface area contributed by atoms with Crippen LogP contribution in [-0.4, -0.2) is 30.4 Å². The Balaban J connectivity index is 1.90. The van der Waals surface area contributed by atoms with E-state index in [2.05, 4.69) is 10.2 Å². The van der Waals surface area contributed by atoms with Gasteiger partial charge in [-0.3, -0.25) is 9.69 Å². The molecular weight excluding hydrogens is 260 g/mol. The molecule has 1 aromatic rings. The van der Waals surface area contributed by atoms with E-state index in [9.17, 15) is 4.79 Å². The van der Waals surface area contributed by atoms with Crippen LogP contribution < -0.4 is 5.32 Å². The first kappa shape index (κ1) is 16.0. The summed E-state index contributed by atoms with van der Waals surface area (Å²) >= 11 is 0. The van der Waals surface area contributed by atoms with E-state index in [0.717, 1.165) is 29.9 Å². The molecule has 116 valence electrons. The molecule has 0 aliphatic carbocycles. The Kier molecular flexibility index (Phi) is 6.24. The molecule has 1 aromatic carbocycles. The molecule has 0 spiro atoms. The maximum Gasteiger partial charge on any atom is 0.238 e. The van der Waals surface area contributed by atoms with Crippen LogP contribution in [0.15, 0.2) is 18.2 Å². The highest BCUT2D eigenvalue weighted by Gasteiger charge is 2.13. The van der Waals surface area contributed by atoms with E-state index in [-0.39, 0.29) is 5.91 Å². The quantitative estimate of drug-likeness (QED) is 0.915. The van der Waals surface area contributed by atoms with Crippen LogP contribution in [0.4, 0.5) is 5.69 Å². The van der Waals surface area contributed by atoms with Crippen LogP contribution in [0.5, 0.6) is 0 Å². The number of anilines is 1. The van der Waals surface area contributed by atoms with Gasteiger partial charge in [-0.15, -0.1) is 0 Å². The van der Waals surface area contributed by atoms with Gasteiger partial charge in [-0.2, -0.15) is 0 Å². The lowest BCUT2D eigenvalue weighted by Crippen LogP contribution is -2.34. The van der Waals surface area contributed by atoms with Crippen LogP contribution in [0.2, 0.25) is 0 Å². The molecule has 1 saturated heterocycles. The Bertz CT molecular complexity index is 440. The number of benzene rings is 1. The zero-order chi connectivity index (χ0) is 15.1. The number of rotatable bonds is 3. The van der Waals surface area contributed by atoms with Crippen molar-refractivity contribution in [1.82, 2.24) is 4.90 Å². The van der Waals surface area contributed by atoms with E-state index in [4.69, 9.17) is 0 Å². The van der Waals surface area contributed by atoms with E-state index in [1.54, 1.807) is 0 Å². The Morgan fingerprint density at radius 1 is 1.00 bits per heavy atom. The number of nitrogens with zero attached hydrogens (tertiary/aromatic N) is 1. The average Bonchev–Trinajstić information content (AvgIpc) is 2.57. The number of hydrogen-bond acceptors (Lipinski definition) is 2. The highest BCUT2D eigenvalue weighted by Crippen LogP contribution is 2.19.